The van der Waals surface area contributed by atoms with Crippen molar-refractivity contribution in [2.24, 2.45) is 17.8 Å². The maximum absolute atomic E-state index is 13.3. The number of carbonyl (C=O) groups is 2. The van der Waals surface area contributed by atoms with Crippen LogP contribution in [0.2, 0.25) is 0 Å². The van der Waals surface area contributed by atoms with Gasteiger partial charge in [-0.2, -0.15) is 0 Å². The van der Waals surface area contributed by atoms with Crippen LogP contribution in [-0.4, -0.2) is 66.9 Å². The standard InChI is InChI=1S/C31H43FN4O2/c1-22(2)18-36-15-13-30(34-31(38)33-29-8-4-7-26(17-29)23(3)37)27(21-36)20-35-14-5-6-25(19-35)16-24-9-11-28(32)12-10-24/h4,7-12,17,22,25,27,30H,5-6,13-16,18-21H2,1-3H3,(H2,33,34,38)/t25?,27-,30+/m0/s1. The van der Waals surface area contributed by atoms with Gasteiger partial charge in [-0.15, -0.1) is 0 Å². The van der Waals surface area contributed by atoms with Crippen molar-refractivity contribution < 1.29 is 14.0 Å². The zero-order valence-corrected chi connectivity index (χ0v) is 23.1. The number of ketones is 1. The third-order valence-electron chi connectivity index (χ3n) is 7.82. The lowest BCUT2D eigenvalue weighted by atomic mass is 9.88. The Labute approximate surface area is 227 Å². The average molecular weight is 523 g/mol. The first-order valence-electron chi connectivity index (χ1n) is 14.1. The van der Waals surface area contributed by atoms with E-state index in [1.54, 1.807) is 30.3 Å². The number of carbonyl (C=O) groups excluding carboxylic acids is 2. The Kier molecular flexibility index (Phi) is 9.91. The lowest BCUT2D eigenvalue weighted by Crippen LogP contribution is -2.56. The van der Waals surface area contributed by atoms with Gasteiger partial charge in [0.05, 0.1) is 0 Å². The minimum Gasteiger partial charge on any atom is -0.335 e. The zero-order chi connectivity index (χ0) is 27.1. The summed E-state index contributed by atoms with van der Waals surface area (Å²) in [7, 11) is 0. The van der Waals surface area contributed by atoms with Crippen LogP contribution in [0.1, 0.15) is 56.0 Å². The van der Waals surface area contributed by atoms with Gasteiger partial charge >= 0.3 is 6.03 Å². The molecular formula is C31H43FN4O2. The van der Waals surface area contributed by atoms with E-state index in [1.165, 1.54) is 25.3 Å². The molecule has 0 saturated carbocycles. The van der Waals surface area contributed by atoms with Gasteiger partial charge in [0, 0.05) is 55.9 Å². The van der Waals surface area contributed by atoms with Crippen LogP contribution in [0.15, 0.2) is 48.5 Å². The van der Waals surface area contributed by atoms with Crippen molar-refractivity contribution in [3.05, 3.63) is 65.5 Å². The fourth-order valence-electron chi connectivity index (χ4n) is 6.09. The molecule has 2 aliphatic heterocycles. The van der Waals surface area contributed by atoms with Crippen LogP contribution in [-0.2, 0) is 6.42 Å². The Morgan fingerprint density at radius 3 is 2.55 bits per heavy atom. The van der Waals surface area contributed by atoms with E-state index in [4.69, 9.17) is 0 Å². The molecule has 4 rings (SSSR count). The van der Waals surface area contributed by atoms with Crippen LogP contribution >= 0.6 is 0 Å². The molecule has 2 aliphatic rings. The van der Waals surface area contributed by atoms with Crippen molar-refractivity contribution in [1.29, 1.82) is 0 Å². The summed E-state index contributed by atoms with van der Waals surface area (Å²) in [5.74, 6) is 1.30. The van der Waals surface area contributed by atoms with Gasteiger partial charge in [-0.25, -0.2) is 9.18 Å². The molecule has 1 unspecified atom stereocenters. The summed E-state index contributed by atoms with van der Waals surface area (Å²) in [6.07, 6.45) is 4.26. The highest BCUT2D eigenvalue weighted by molar-refractivity contribution is 5.96. The molecule has 2 heterocycles. The number of Topliss-reactive ketones (excluding diaryl/α,β-unsaturated/α-hetero) is 1. The number of urea groups is 1. The van der Waals surface area contributed by atoms with Gasteiger partial charge in [-0.3, -0.25) is 4.79 Å². The number of likely N-dealkylation sites (tertiary alicyclic amines) is 2. The summed E-state index contributed by atoms with van der Waals surface area (Å²) >= 11 is 0. The molecule has 0 aromatic heterocycles. The molecule has 2 aromatic rings. The third kappa shape index (κ3) is 8.37. The highest BCUT2D eigenvalue weighted by atomic mass is 19.1. The molecule has 6 nitrogen and oxygen atoms in total. The van der Waals surface area contributed by atoms with E-state index in [0.29, 0.717) is 29.0 Å². The highest BCUT2D eigenvalue weighted by Crippen LogP contribution is 2.25. The number of hydrogen-bond donors (Lipinski definition) is 2. The number of hydrogen-bond acceptors (Lipinski definition) is 4. The number of nitrogens with zero attached hydrogens (tertiary/aromatic N) is 2. The molecule has 2 N–H and O–H groups in total. The van der Waals surface area contributed by atoms with E-state index in [1.807, 2.05) is 18.2 Å². The number of amides is 2. The molecule has 2 saturated heterocycles. The van der Waals surface area contributed by atoms with Gasteiger partial charge in [-0.05, 0) is 80.8 Å². The third-order valence-corrected chi connectivity index (χ3v) is 7.82. The largest absolute Gasteiger partial charge is 0.335 e. The van der Waals surface area contributed by atoms with E-state index in [-0.39, 0.29) is 23.7 Å². The van der Waals surface area contributed by atoms with Crippen LogP contribution in [0.4, 0.5) is 14.9 Å². The summed E-state index contributed by atoms with van der Waals surface area (Å²) in [6, 6.07) is 13.9. The Balaban J connectivity index is 1.38. The van der Waals surface area contributed by atoms with Crippen LogP contribution in [0.3, 0.4) is 0 Å². The molecular weight excluding hydrogens is 479 g/mol. The van der Waals surface area contributed by atoms with E-state index in [2.05, 4.69) is 34.3 Å². The molecule has 7 heteroatoms. The Morgan fingerprint density at radius 1 is 1.03 bits per heavy atom. The maximum atomic E-state index is 13.3. The van der Waals surface area contributed by atoms with E-state index < -0.39 is 0 Å². The number of nitrogens with one attached hydrogen (secondary N) is 2. The van der Waals surface area contributed by atoms with E-state index >= 15 is 0 Å². The first kappa shape index (κ1) is 28.2. The van der Waals surface area contributed by atoms with Gasteiger partial charge in [0.2, 0.25) is 0 Å². The second-order valence-corrected chi connectivity index (χ2v) is 11.6. The molecule has 0 bridgehead atoms. The van der Waals surface area contributed by atoms with Crippen molar-refractivity contribution >= 4 is 17.5 Å². The first-order valence-corrected chi connectivity index (χ1v) is 14.1. The normalized spacial score (nSPS) is 22.8. The fourth-order valence-corrected chi connectivity index (χ4v) is 6.09. The van der Waals surface area contributed by atoms with Crippen LogP contribution in [0.25, 0.3) is 0 Å². The molecule has 0 aliphatic carbocycles. The van der Waals surface area contributed by atoms with Gasteiger partial charge in [0.25, 0.3) is 0 Å². The van der Waals surface area contributed by atoms with Gasteiger partial charge in [0.15, 0.2) is 5.78 Å². The molecule has 2 amide bonds. The Bertz CT molecular complexity index is 1070. The second kappa shape index (κ2) is 13.3. The molecule has 3 atom stereocenters. The SMILES string of the molecule is CC(=O)c1cccc(NC(=O)N[C@@H]2CCN(CC(C)C)C[C@@H]2CN2CCCC(Cc3ccc(F)cc3)C2)c1. The second-order valence-electron chi connectivity index (χ2n) is 11.6. The van der Waals surface area contributed by atoms with Crippen LogP contribution in [0.5, 0.6) is 0 Å². The molecule has 38 heavy (non-hydrogen) atoms. The van der Waals surface area contributed by atoms with Crippen LogP contribution < -0.4 is 10.6 Å². The number of halogens is 1. The van der Waals surface area contributed by atoms with Crippen molar-refractivity contribution in [3.8, 4) is 0 Å². The summed E-state index contributed by atoms with van der Waals surface area (Å²) in [6.45, 7) is 12.1. The number of rotatable bonds is 9. The predicted octanol–water partition coefficient (Wildman–Crippen LogP) is 5.45. The van der Waals surface area contributed by atoms with E-state index in [9.17, 15) is 14.0 Å². The quantitative estimate of drug-likeness (QED) is 0.430. The van der Waals surface area contributed by atoms with E-state index in [0.717, 1.165) is 52.1 Å². The first-order chi connectivity index (χ1) is 18.2. The van der Waals surface area contributed by atoms with Crippen molar-refractivity contribution in [3.63, 3.8) is 0 Å². The van der Waals surface area contributed by atoms with Crippen molar-refractivity contribution in [2.75, 3.05) is 44.6 Å². The fraction of sp³-hybridized carbons (Fsp3) is 0.548. The summed E-state index contributed by atoms with van der Waals surface area (Å²) in [5.41, 5.74) is 2.41. The topological polar surface area (TPSA) is 64.7 Å². The number of benzene rings is 2. The zero-order valence-electron chi connectivity index (χ0n) is 23.1. The lowest BCUT2D eigenvalue weighted by molar-refractivity contribution is 0.0799. The Hall–Kier alpha value is -2.77. The molecule has 0 spiro atoms. The van der Waals surface area contributed by atoms with Gasteiger partial charge in [0.1, 0.15) is 5.82 Å². The summed E-state index contributed by atoms with van der Waals surface area (Å²) in [4.78, 5) is 29.8. The average Bonchev–Trinajstić information content (AvgIpc) is 2.87. The summed E-state index contributed by atoms with van der Waals surface area (Å²) in [5, 5.41) is 6.20. The maximum Gasteiger partial charge on any atom is 0.319 e. The lowest BCUT2D eigenvalue weighted by Gasteiger charge is -2.43. The highest BCUT2D eigenvalue weighted by Gasteiger charge is 2.33. The van der Waals surface area contributed by atoms with Crippen molar-refractivity contribution in [2.45, 2.75) is 52.5 Å². The van der Waals surface area contributed by atoms with Crippen molar-refractivity contribution in [1.82, 2.24) is 15.1 Å². The molecule has 206 valence electrons. The Morgan fingerprint density at radius 2 is 1.82 bits per heavy atom. The molecule has 0 radical (unpaired) electrons. The number of anilines is 1. The van der Waals surface area contributed by atoms with Gasteiger partial charge in [-0.1, -0.05) is 38.1 Å². The molecule has 2 aromatic carbocycles. The minimum atomic E-state index is -0.217. The smallest absolute Gasteiger partial charge is 0.319 e. The van der Waals surface area contributed by atoms with Gasteiger partial charge < -0.3 is 20.4 Å². The monoisotopic (exact) mass is 522 g/mol. The molecule has 2 fully saturated rings. The van der Waals surface area contributed by atoms with Crippen LogP contribution in [0, 0.1) is 23.6 Å². The minimum absolute atomic E-state index is 0.0223. The number of piperidine rings is 2. The predicted molar refractivity (Wildman–Crippen MR) is 151 cm³/mol. The summed E-state index contributed by atoms with van der Waals surface area (Å²) < 4.78 is 13.3.